The van der Waals surface area contributed by atoms with Gasteiger partial charge in [-0.2, -0.15) is 0 Å². The molecule has 0 saturated carbocycles. The van der Waals surface area contributed by atoms with Crippen LogP contribution in [0.15, 0.2) is 24.4 Å². The van der Waals surface area contributed by atoms with Crippen molar-refractivity contribution < 1.29 is 18.3 Å². The fourth-order valence-electron chi connectivity index (χ4n) is 1.70. The number of nitrogens with two attached hydrogens (primary N) is 1. The van der Waals surface area contributed by atoms with Crippen molar-refractivity contribution >= 4 is 22.3 Å². The SMILES string of the molecule is Nc1cc(F)c(NCC(O)C(F)F)c2ncccc12. The monoisotopic (exact) mass is 271 g/mol. The number of anilines is 2. The van der Waals surface area contributed by atoms with Crippen LogP contribution in [-0.4, -0.2) is 29.2 Å². The first-order chi connectivity index (χ1) is 9.00. The molecule has 1 heterocycles. The quantitative estimate of drug-likeness (QED) is 0.744. The summed E-state index contributed by atoms with van der Waals surface area (Å²) < 4.78 is 38.2. The fraction of sp³-hybridized carbons (Fsp3) is 0.250. The minimum absolute atomic E-state index is 0.0514. The molecule has 2 aromatic rings. The minimum Gasteiger partial charge on any atom is -0.398 e. The minimum atomic E-state index is -2.90. The maximum Gasteiger partial charge on any atom is 0.265 e. The summed E-state index contributed by atoms with van der Waals surface area (Å²) in [6.07, 6.45) is -3.34. The van der Waals surface area contributed by atoms with Crippen LogP contribution in [0, 0.1) is 5.82 Å². The lowest BCUT2D eigenvalue weighted by Gasteiger charge is -2.14. The Labute approximate surface area is 107 Å². The van der Waals surface area contributed by atoms with Crippen LogP contribution in [-0.2, 0) is 0 Å². The van der Waals surface area contributed by atoms with Gasteiger partial charge in [-0.15, -0.1) is 0 Å². The van der Waals surface area contributed by atoms with Crippen LogP contribution in [0.4, 0.5) is 24.5 Å². The van der Waals surface area contributed by atoms with E-state index in [0.29, 0.717) is 5.39 Å². The molecule has 1 aromatic carbocycles. The Balaban J connectivity index is 2.37. The molecule has 1 aromatic heterocycles. The molecule has 0 aliphatic heterocycles. The number of nitrogens with zero attached hydrogens (tertiary/aromatic N) is 1. The van der Waals surface area contributed by atoms with Crippen LogP contribution in [0.25, 0.3) is 10.9 Å². The largest absolute Gasteiger partial charge is 0.398 e. The van der Waals surface area contributed by atoms with E-state index in [0.717, 1.165) is 6.07 Å². The van der Waals surface area contributed by atoms with Gasteiger partial charge in [0.25, 0.3) is 6.43 Å². The molecule has 0 spiro atoms. The van der Waals surface area contributed by atoms with Crippen LogP contribution < -0.4 is 11.1 Å². The zero-order valence-electron chi connectivity index (χ0n) is 9.78. The van der Waals surface area contributed by atoms with Crippen molar-refractivity contribution in [1.82, 2.24) is 4.98 Å². The number of alkyl halides is 2. The molecule has 4 N–H and O–H groups in total. The van der Waals surface area contributed by atoms with E-state index < -0.39 is 24.9 Å². The standard InChI is InChI=1S/C12H12F3N3O/c13-7-4-8(16)6-2-1-3-17-10(6)11(7)18-5-9(19)12(14)15/h1-4,9,12,18-19H,5,16H2. The molecular formula is C12H12F3N3O. The van der Waals surface area contributed by atoms with Crippen molar-refractivity contribution in [2.45, 2.75) is 12.5 Å². The average Bonchev–Trinajstić information content (AvgIpc) is 2.38. The van der Waals surface area contributed by atoms with E-state index in [9.17, 15) is 13.2 Å². The number of aromatic nitrogens is 1. The number of aliphatic hydroxyl groups is 1. The fourth-order valence-corrected chi connectivity index (χ4v) is 1.70. The highest BCUT2D eigenvalue weighted by molar-refractivity contribution is 5.98. The Morgan fingerprint density at radius 3 is 2.84 bits per heavy atom. The van der Waals surface area contributed by atoms with Crippen LogP contribution in [0.1, 0.15) is 0 Å². The van der Waals surface area contributed by atoms with E-state index in [1.165, 1.54) is 6.20 Å². The smallest absolute Gasteiger partial charge is 0.265 e. The second kappa shape index (κ2) is 5.31. The third-order valence-electron chi connectivity index (χ3n) is 2.66. The molecule has 1 unspecified atom stereocenters. The van der Waals surface area contributed by atoms with E-state index in [2.05, 4.69) is 10.3 Å². The van der Waals surface area contributed by atoms with Gasteiger partial charge in [-0.05, 0) is 18.2 Å². The van der Waals surface area contributed by atoms with E-state index in [-0.39, 0.29) is 16.9 Å². The summed E-state index contributed by atoms with van der Waals surface area (Å²) in [5, 5.41) is 12.0. The molecular weight excluding hydrogens is 259 g/mol. The van der Waals surface area contributed by atoms with Gasteiger partial charge in [0.15, 0.2) is 5.82 Å². The molecule has 1 atom stereocenters. The molecule has 0 amide bonds. The summed E-state index contributed by atoms with van der Waals surface area (Å²) >= 11 is 0. The zero-order valence-corrected chi connectivity index (χ0v) is 9.78. The van der Waals surface area contributed by atoms with Crippen LogP contribution >= 0.6 is 0 Å². The number of fused-ring (bicyclic) bond motifs is 1. The first kappa shape index (κ1) is 13.4. The van der Waals surface area contributed by atoms with Crippen LogP contribution in [0.3, 0.4) is 0 Å². The van der Waals surface area contributed by atoms with Gasteiger partial charge >= 0.3 is 0 Å². The van der Waals surface area contributed by atoms with Gasteiger partial charge in [-0.25, -0.2) is 13.2 Å². The van der Waals surface area contributed by atoms with Crippen molar-refractivity contribution in [2.75, 3.05) is 17.6 Å². The lowest BCUT2D eigenvalue weighted by Crippen LogP contribution is -2.27. The number of aliphatic hydroxyl groups excluding tert-OH is 1. The van der Waals surface area contributed by atoms with Crippen LogP contribution in [0.5, 0.6) is 0 Å². The first-order valence-electron chi connectivity index (χ1n) is 5.53. The molecule has 7 heteroatoms. The molecule has 0 bridgehead atoms. The summed E-state index contributed by atoms with van der Waals surface area (Å²) in [5.41, 5.74) is 6.05. The van der Waals surface area contributed by atoms with Crippen molar-refractivity contribution in [3.05, 3.63) is 30.2 Å². The Bertz CT molecular complexity index is 592. The number of nitrogens with one attached hydrogen (secondary N) is 1. The van der Waals surface area contributed by atoms with Crippen molar-refractivity contribution in [2.24, 2.45) is 0 Å². The number of halogens is 3. The number of benzene rings is 1. The maximum atomic E-state index is 13.8. The molecule has 2 rings (SSSR count). The third kappa shape index (κ3) is 2.70. The Morgan fingerprint density at radius 2 is 2.16 bits per heavy atom. The Kier molecular flexibility index (Phi) is 3.75. The number of hydrogen-bond donors (Lipinski definition) is 3. The third-order valence-corrected chi connectivity index (χ3v) is 2.66. The normalized spacial score (nSPS) is 12.9. The lowest BCUT2D eigenvalue weighted by molar-refractivity contribution is 0.00382. The van der Waals surface area contributed by atoms with E-state index in [1.807, 2.05) is 0 Å². The summed E-state index contributed by atoms with van der Waals surface area (Å²) in [6.45, 7) is -0.482. The van der Waals surface area contributed by atoms with E-state index in [1.54, 1.807) is 12.1 Å². The number of hydrogen-bond acceptors (Lipinski definition) is 4. The summed E-state index contributed by atoms with van der Waals surface area (Å²) in [5.74, 6) is -0.704. The van der Waals surface area contributed by atoms with Gasteiger partial charge in [0.1, 0.15) is 6.10 Å². The maximum absolute atomic E-state index is 13.8. The van der Waals surface area contributed by atoms with Gasteiger partial charge in [-0.3, -0.25) is 4.98 Å². The zero-order chi connectivity index (χ0) is 14.0. The van der Waals surface area contributed by atoms with Crippen molar-refractivity contribution in [1.29, 1.82) is 0 Å². The van der Waals surface area contributed by atoms with Crippen LogP contribution in [0.2, 0.25) is 0 Å². The molecule has 0 saturated heterocycles. The highest BCUT2D eigenvalue weighted by Gasteiger charge is 2.18. The van der Waals surface area contributed by atoms with Gasteiger partial charge in [0, 0.05) is 23.8 Å². The molecule has 0 aliphatic rings. The Morgan fingerprint density at radius 1 is 1.42 bits per heavy atom. The van der Waals surface area contributed by atoms with E-state index >= 15 is 0 Å². The van der Waals surface area contributed by atoms with Crippen molar-refractivity contribution in [3.63, 3.8) is 0 Å². The average molecular weight is 271 g/mol. The topological polar surface area (TPSA) is 71.2 Å². The van der Waals surface area contributed by atoms with Gasteiger partial charge in [-0.1, -0.05) is 0 Å². The predicted molar refractivity (Wildman–Crippen MR) is 66.6 cm³/mol. The summed E-state index contributed by atoms with van der Waals surface area (Å²) in [6, 6.07) is 4.36. The molecule has 0 radical (unpaired) electrons. The van der Waals surface area contributed by atoms with Gasteiger partial charge < -0.3 is 16.2 Å². The van der Waals surface area contributed by atoms with Crippen molar-refractivity contribution in [3.8, 4) is 0 Å². The second-order valence-electron chi connectivity index (χ2n) is 4.00. The number of rotatable bonds is 4. The first-order valence-corrected chi connectivity index (χ1v) is 5.53. The second-order valence-corrected chi connectivity index (χ2v) is 4.00. The Hall–Kier alpha value is -2.02. The molecule has 4 nitrogen and oxygen atoms in total. The van der Waals surface area contributed by atoms with E-state index in [4.69, 9.17) is 10.8 Å². The highest BCUT2D eigenvalue weighted by Crippen LogP contribution is 2.29. The highest BCUT2D eigenvalue weighted by atomic mass is 19.3. The molecule has 0 fully saturated rings. The lowest BCUT2D eigenvalue weighted by atomic mass is 10.1. The summed E-state index contributed by atoms with van der Waals surface area (Å²) in [7, 11) is 0. The number of nitrogen functional groups attached to an aromatic ring is 1. The predicted octanol–water partition coefficient (Wildman–Crippen LogP) is 1.99. The molecule has 102 valence electrons. The summed E-state index contributed by atoms with van der Waals surface area (Å²) in [4.78, 5) is 3.97. The van der Waals surface area contributed by atoms with Gasteiger partial charge in [0.05, 0.1) is 11.2 Å². The van der Waals surface area contributed by atoms with Gasteiger partial charge in [0.2, 0.25) is 0 Å². The number of pyridine rings is 1. The molecule has 0 aliphatic carbocycles. The molecule has 19 heavy (non-hydrogen) atoms.